The van der Waals surface area contributed by atoms with Crippen LogP contribution in [0.1, 0.15) is 0 Å². The van der Waals surface area contributed by atoms with E-state index in [4.69, 9.17) is 10.5 Å². The van der Waals surface area contributed by atoms with Crippen molar-refractivity contribution < 1.29 is 40.3 Å². The van der Waals surface area contributed by atoms with Crippen LogP contribution in [0.25, 0.3) is 10.6 Å². The third kappa shape index (κ3) is 3.01. The van der Waals surface area contributed by atoms with Gasteiger partial charge in [0.05, 0.1) is 7.11 Å². The van der Waals surface area contributed by atoms with Crippen molar-refractivity contribution in [1.82, 2.24) is 10.2 Å². The summed E-state index contributed by atoms with van der Waals surface area (Å²) >= 11 is 1.37. The predicted octanol–water partition coefficient (Wildman–Crippen LogP) is 1.80. The Hall–Kier alpha value is -0.425. The zero-order valence-corrected chi connectivity index (χ0v) is 12.6. The Labute approximate surface area is 119 Å². The van der Waals surface area contributed by atoms with E-state index in [0.717, 1.165) is 16.3 Å². The number of nitrogen functional groups attached to an aromatic ring is 1. The topological polar surface area (TPSA) is 61.0 Å². The number of benzene rings is 1. The van der Waals surface area contributed by atoms with Crippen LogP contribution in [0.5, 0.6) is 5.75 Å². The number of methoxy groups -OCH3 is 1. The molecule has 2 rings (SSSR count). The number of nitrogens with two attached hydrogens (primary N) is 1. The van der Waals surface area contributed by atoms with Gasteiger partial charge in [0.25, 0.3) is 0 Å². The van der Waals surface area contributed by atoms with Crippen LogP contribution < -0.4 is 10.5 Å². The summed E-state index contributed by atoms with van der Waals surface area (Å²) in [6.07, 6.45) is 0. The maximum absolute atomic E-state index is 5.49. The van der Waals surface area contributed by atoms with E-state index in [1.807, 2.05) is 24.3 Å². The number of hydrogen-bond donors (Lipinski definition) is 1. The fourth-order valence-corrected chi connectivity index (χ4v) is 1.70. The number of nitrogens with zero attached hydrogens (tertiary/aromatic N) is 2. The van der Waals surface area contributed by atoms with E-state index in [1.165, 1.54) is 11.3 Å². The van der Waals surface area contributed by atoms with E-state index in [0.29, 0.717) is 5.13 Å². The van der Waals surface area contributed by atoms with Gasteiger partial charge in [-0.3, -0.25) is 0 Å². The molecule has 15 heavy (non-hydrogen) atoms. The first-order chi connectivity index (χ1) is 6.79. The first-order valence-electron chi connectivity index (χ1n) is 4.03. The van der Waals surface area contributed by atoms with E-state index >= 15 is 0 Å². The second kappa shape index (κ2) is 5.60. The van der Waals surface area contributed by atoms with Gasteiger partial charge < -0.3 is 10.5 Å². The molecule has 1 heterocycles. The van der Waals surface area contributed by atoms with Gasteiger partial charge in [-0.2, -0.15) is 0 Å². The molecule has 75 valence electrons. The van der Waals surface area contributed by atoms with E-state index in [-0.39, 0.29) is 35.6 Å². The van der Waals surface area contributed by atoms with Crippen LogP contribution in [0.4, 0.5) is 5.13 Å². The maximum atomic E-state index is 5.49. The van der Waals surface area contributed by atoms with Crippen LogP contribution in [-0.2, 0) is 0 Å². The molecule has 0 saturated heterocycles. The van der Waals surface area contributed by atoms with Crippen LogP contribution in [0.2, 0.25) is 0 Å². The molecule has 2 aromatic rings. The fourth-order valence-electron chi connectivity index (χ4n) is 1.08. The molecule has 2 N–H and O–H groups in total. The largest absolute Gasteiger partial charge is 0.497 e. The monoisotopic (exact) mass is 346 g/mol. The third-order valence-corrected chi connectivity index (χ3v) is 2.58. The summed E-state index contributed by atoms with van der Waals surface area (Å²) in [6.45, 7) is 0. The molecule has 0 saturated carbocycles. The average Bonchev–Trinajstić information content (AvgIpc) is 2.65. The first kappa shape index (κ1) is 12.6. The minimum absolute atomic E-state index is 0. The Balaban J connectivity index is 0.00000112. The van der Waals surface area contributed by atoms with Crippen LogP contribution >= 0.6 is 11.3 Å². The van der Waals surface area contributed by atoms with Crippen molar-refractivity contribution in [3.05, 3.63) is 24.3 Å². The van der Waals surface area contributed by atoms with Crippen molar-refractivity contribution in [2.75, 3.05) is 12.8 Å². The Bertz CT molecular complexity index is 429. The molecular formula is C9H9LaN3OS. The molecule has 0 bridgehead atoms. The SMILES string of the molecule is COc1ccc(-c2nnc(N)s2)cc1.[La]. The fraction of sp³-hybridized carbons (Fsp3) is 0.111. The number of ether oxygens (including phenoxy) is 1. The van der Waals surface area contributed by atoms with Gasteiger partial charge in [-0.15, -0.1) is 10.2 Å². The standard InChI is InChI=1S/C9H9N3OS.La/c1-13-7-4-2-6(3-5-7)8-11-12-9(10)14-8;/h2-5H,1H3,(H2,10,12);. The van der Waals surface area contributed by atoms with Crippen molar-refractivity contribution >= 4 is 16.5 Å². The van der Waals surface area contributed by atoms with Crippen LogP contribution in [0.3, 0.4) is 0 Å². The number of rotatable bonds is 2. The summed E-state index contributed by atoms with van der Waals surface area (Å²) in [6, 6.07) is 7.62. The van der Waals surface area contributed by atoms with Gasteiger partial charge in [-0.1, -0.05) is 11.3 Å². The molecule has 6 heteroatoms. The quantitative estimate of drug-likeness (QED) is 0.901. The van der Waals surface area contributed by atoms with Gasteiger partial charge >= 0.3 is 0 Å². The molecule has 0 atom stereocenters. The molecular weight excluding hydrogens is 337 g/mol. The van der Waals surface area contributed by atoms with Crippen LogP contribution in [0.15, 0.2) is 24.3 Å². The number of anilines is 1. The second-order valence-corrected chi connectivity index (χ2v) is 3.68. The summed E-state index contributed by atoms with van der Waals surface area (Å²) in [4.78, 5) is 0. The van der Waals surface area contributed by atoms with E-state index in [9.17, 15) is 0 Å². The summed E-state index contributed by atoms with van der Waals surface area (Å²) in [5.41, 5.74) is 6.49. The molecule has 1 radical (unpaired) electrons. The normalized spacial score (nSPS) is 9.40. The molecule has 4 nitrogen and oxygen atoms in total. The number of hydrogen-bond acceptors (Lipinski definition) is 5. The minimum atomic E-state index is 0. The summed E-state index contributed by atoms with van der Waals surface area (Å²) < 4.78 is 5.05. The average molecular weight is 346 g/mol. The molecule has 0 aliphatic carbocycles. The smallest absolute Gasteiger partial charge is 0.203 e. The van der Waals surface area contributed by atoms with Crippen molar-refractivity contribution in [3.8, 4) is 16.3 Å². The Morgan fingerprint density at radius 3 is 2.33 bits per heavy atom. The van der Waals surface area contributed by atoms with Gasteiger partial charge in [0.1, 0.15) is 10.8 Å². The zero-order chi connectivity index (χ0) is 9.97. The van der Waals surface area contributed by atoms with Crippen molar-refractivity contribution in [2.24, 2.45) is 0 Å². The number of aromatic nitrogens is 2. The van der Waals surface area contributed by atoms with E-state index < -0.39 is 0 Å². The molecule has 0 fully saturated rings. The van der Waals surface area contributed by atoms with Gasteiger partial charge in [0.2, 0.25) is 5.13 Å². The second-order valence-electron chi connectivity index (χ2n) is 2.67. The van der Waals surface area contributed by atoms with Crippen molar-refractivity contribution in [1.29, 1.82) is 0 Å². The molecule has 0 aliphatic heterocycles. The van der Waals surface area contributed by atoms with Crippen LogP contribution in [0, 0.1) is 35.6 Å². The molecule has 1 aromatic carbocycles. The first-order valence-corrected chi connectivity index (χ1v) is 4.84. The van der Waals surface area contributed by atoms with Gasteiger partial charge in [-0.25, -0.2) is 0 Å². The molecule has 0 amide bonds. The summed E-state index contributed by atoms with van der Waals surface area (Å²) in [5, 5.41) is 9.00. The third-order valence-electron chi connectivity index (χ3n) is 1.78. The van der Waals surface area contributed by atoms with Gasteiger partial charge in [0, 0.05) is 41.2 Å². The maximum Gasteiger partial charge on any atom is 0.203 e. The van der Waals surface area contributed by atoms with Gasteiger partial charge in [-0.05, 0) is 24.3 Å². The van der Waals surface area contributed by atoms with Crippen molar-refractivity contribution in [3.63, 3.8) is 0 Å². The molecule has 1 aromatic heterocycles. The molecule has 0 unspecified atom stereocenters. The zero-order valence-electron chi connectivity index (χ0n) is 8.18. The molecule has 0 spiro atoms. The van der Waals surface area contributed by atoms with E-state index in [1.54, 1.807) is 7.11 Å². The predicted molar refractivity (Wildman–Crippen MR) is 56.3 cm³/mol. The minimum Gasteiger partial charge on any atom is -0.497 e. The molecule has 0 aliphatic rings. The Morgan fingerprint density at radius 1 is 1.20 bits per heavy atom. The Morgan fingerprint density at radius 2 is 1.87 bits per heavy atom. The summed E-state index contributed by atoms with van der Waals surface area (Å²) in [7, 11) is 1.64. The van der Waals surface area contributed by atoms with Gasteiger partial charge in [0.15, 0.2) is 0 Å². The van der Waals surface area contributed by atoms with E-state index in [2.05, 4.69) is 10.2 Å². The summed E-state index contributed by atoms with van der Waals surface area (Å²) in [5.74, 6) is 0.825. The Kier molecular flexibility index (Phi) is 4.72. The van der Waals surface area contributed by atoms with Crippen LogP contribution in [-0.4, -0.2) is 17.3 Å². The van der Waals surface area contributed by atoms with Crippen molar-refractivity contribution in [2.45, 2.75) is 0 Å².